The normalized spacial score (nSPS) is 11.9. The number of aromatic nitrogens is 3. The molecule has 3 rings (SSSR count). The van der Waals surface area contributed by atoms with E-state index in [0.29, 0.717) is 16.6 Å². The smallest absolute Gasteiger partial charge is 0.226 e. The van der Waals surface area contributed by atoms with Gasteiger partial charge >= 0.3 is 0 Å². The molecule has 28 heavy (non-hydrogen) atoms. The van der Waals surface area contributed by atoms with E-state index in [1.54, 1.807) is 13.0 Å². The second kappa shape index (κ2) is 9.47. The zero-order valence-electron chi connectivity index (χ0n) is 15.2. The Bertz CT molecular complexity index is 951. The highest BCUT2D eigenvalue weighted by Gasteiger charge is 2.17. The van der Waals surface area contributed by atoms with Crippen molar-refractivity contribution >= 4 is 51.1 Å². The van der Waals surface area contributed by atoms with Gasteiger partial charge in [0.05, 0.1) is 0 Å². The summed E-state index contributed by atoms with van der Waals surface area (Å²) in [6.45, 7) is 5.42. The summed E-state index contributed by atoms with van der Waals surface area (Å²) in [5, 5.41) is 13.7. The molecule has 2 aromatic heterocycles. The van der Waals surface area contributed by atoms with Crippen molar-refractivity contribution in [2.75, 3.05) is 11.1 Å². The van der Waals surface area contributed by atoms with Gasteiger partial charge in [0.25, 0.3) is 0 Å². The van der Waals surface area contributed by atoms with E-state index >= 15 is 0 Å². The number of rotatable bonds is 9. The number of oxazole rings is 1. The molecule has 0 saturated carbocycles. The zero-order chi connectivity index (χ0) is 19.9. The molecule has 10 heteroatoms. The van der Waals surface area contributed by atoms with Crippen molar-refractivity contribution in [2.45, 2.75) is 30.1 Å². The third-order valence-corrected chi connectivity index (χ3v) is 5.58. The largest absolute Gasteiger partial charge is 0.438 e. The minimum absolute atomic E-state index is 0.0425. The van der Waals surface area contributed by atoms with E-state index in [0.717, 1.165) is 15.6 Å². The first kappa shape index (κ1) is 20.0. The molecule has 1 unspecified atom stereocenters. The highest BCUT2D eigenvalue weighted by Crippen LogP contribution is 2.25. The zero-order valence-corrected chi connectivity index (χ0v) is 16.8. The monoisotopic (exact) mass is 417 g/mol. The van der Waals surface area contributed by atoms with Crippen LogP contribution in [0, 0.1) is 0 Å². The maximum absolute atomic E-state index is 12.1. The van der Waals surface area contributed by atoms with Crippen LogP contribution in [0.25, 0.3) is 11.1 Å². The fraction of sp³-hybridized carbons (Fsp3) is 0.278. The number of thioether (sulfide) groups is 1. The SMILES string of the molecule is C=CCSc1nnc(NC(=O)CCC(=O)NC(C)c2nc3ccccc3o2)s1. The minimum Gasteiger partial charge on any atom is -0.438 e. The minimum atomic E-state index is -0.393. The summed E-state index contributed by atoms with van der Waals surface area (Å²) in [5.41, 5.74) is 1.40. The topological polar surface area (TPSA) is 110 Å². The molecule has 1 atom stereocenters. The van der Waals surface area contributed by atoms with Crippen molar-refractivity contribution in [3.63, 3.8) is 0 Å². The number of benzene rings is 1. The number of nitrogens with zero attached hydrogens (tertiary/aromatic N) is 3. The van der Waals surface area contributed by atoms with Gasteiger partial charge in [0.2, 0.25) is 22.8 Å². The average molecular weight is 418 g/mol. The van der Waals surface area contributed by atoms with Crippen LogP contribution in [-0.4, -0.2) is 32.7 Å². The number of para-hydroxylation sites is 2. The molecule has 0 fully saturated rings. The molecule has 2 amide bonds. The van der Waals surface area contributed by atoms with Crippen molar-refractivity contribution < 1.29 is 14.0 Å². The van der Waals surface area contributed by atoms with E-state index in [2.05, 4.69) is 32.4 Å². The predicted molar refractivity (Wildman–Crippen MR) is 109 cm³/mol. The Hall–Kier alpha value is -2.72. The van der Waals surface area contributed by atoms with Crippen LogP contribution in [0.1, 0.15) is 31.7 Å². The molecule has 0 bridgehead atoms. The van der Waals surface area contributed by atoms with E-state index < -0.39 is 6.04 Å². The summed E-state index contributed by atoms with van der Waals surface area (Å²) in [6, 6.07) is 7.00. The molecule has 0 saturated heterocycles. The van der Waals surface area contributed by atoms with Gasteiger partial charge in [0, 0.05) is 18.6 Å². The highest BCUT2D eigenvalue weighted by molar-refractivity contribution is 8.01. The van der Waals surface area contributed by atoms with E-state index in [-0.39, 0.29) is 24.7 Å². The van der Waals surface area contributed by atoms with Crippen LogP contribution in [0.15, 0.2) is 45.7 Å². The van der Waals surface area contributed by atoms with Crippen LogP contribution in [-0.2, 0) is 9.59 Å². The van der Waals surface area contributed by atoms with Crippen molar-refractivity contribution in [3.05, 3.63) is 42.8 Å². The van der Waals surface area contributed by atoms with E-state index in [9.17, 15) is 9.59 Å². The second-order valence-corrected chi connectivity index (χ2v) is 8.07. The molecule has 146 valence electrons. The van der Waals surface area contributed by atoms with E-state index in [1.807, 2.05) is 24.3 Å². The van der Waals surface area contributed by atoms with Gasteiger partial charge in [-0.2, -0.15) is 0 Å². The lowest BCUT2D eigenvalue weighted by atomic mass is 10.2. The maximum atomic E-state index is 12.1. The fourth-order valence-electron chi connectivity index (χ4n) is 2.31. The molecule has 0 aliphatic heterocycles. The summed E-state index contributed by atoms with van der Waals surface area (Å²) >= 11 is 2.77. The first-order chi connectivity index (χ1) is 13.5. The van der Waals surface area contributed by atoms with Crippen LogP contribution in [0.5, 0.6) is 0 Å². The maximum Gasteiger partial charge on any atom is 0.226 e. The first-order valence-corrected chi connectivity index (χ1v) is 10.4. The molecule has 8 nitrogen and oxygen atoms in total. The lowest BCUT2D eigenvalue weighted by Crippen LogP contribution is -2.27. The molecule has 3 aromatic rings. The number of carbonyl (C=O) groups excluding carboxylic acids is 2. The Labute approximate surface area is 169 Å². The third kappa shape index (κ3) is 5.40. The molecule has 2 heterocycles. The van der Waals surface area contributed by atoms with Crippen molar-refractivity contribution in [1.29, 1.82) is 0 Å². The summed E-state index contributed by atoms with van der Waals surface area (Å²) in [5.74, 6) is 0.601. The standard InChI is InChI=1S/C18H19N5O3S2/c1-3-10-27-18-23-22-17(28-18)21-15(25)9-8-14(24)19-11(2)16-20-12-6-4-5-7-13(12)26-16/h3-7,11H,1,8-10H2,2H3,(H,19,24)(H,21,22,25). The van der Waals surface area contributed by atoms with Crippen LogP contribution in [0.2, 0.25) is 0 Å². The van der Waals surface area contributed by atoms with Gasteiger partial charge in [-0.25, -0.2) is 4.98 Å². The molecule has 0 aliphatic carbocycles. The Kier molecular flexibility index (Phi) is 6.77. The molecule has 0 aliphatic rings. The van der Waals surface area contributed by atoms with Crippen molar-refractivity contribution in [3.8, 4) is 0 Å². The summed E-state index contributed by atoms with van der Waals surface area (Å²) in [4.78, 5) is 28.5. The number of carbonyl (C=O) groups is 2. The highest BCUT2D eigenvalue weighted by atomic mass is 32.2. The number of anilines is 1. The average Bonchev–Trinajstić information content (AvgIpc) is 3.31. The lowest BCUT2D eigenvalue weighted by molar-refractivity contribution is -0.124. The van der Waals surface area contributed by atoms with Gasteiger partial charge in [0.1, 0.15) is 11.6 Å². The second-order valence-electron chi connectivity index (χ2n) is 5.83. The van der Waals surface area contributed by atoms with Crippen LogP contribution in [0.3, 0.4) is 0 Å². The number of hydrogen-bond acceptors (Lipinski definition) is 8. The summed E-state index contributed by atoms with van der Waals surface area (Å²) < 4.78 is 6.39. The predicted octanol–water partition coefficient (Wildman–Crippen LogP) is 3.55. The van der Waals surface area contributed by atoms with Crippen molar-refractivity contribution in [1.82, 2.24) is 20.5 Å². The number of nitrogens with one attached hydrogen (secondary N) is 2. The van der Waals surface area contributed by atoms with Gasteiger partial charge in [-0.3, -0.25) is 9.59 Å². The Morgan fingerprint density at radius 2 is 2.07 bits per heavy atom. The molecule has 0 spiro atoms. The summed E-state index contributed by atoms with van der Waals surface area (Å²) in [7, 11) is 0. The lowest BCUT2D eigenvalue weighted by Gasteiger charge is -2.10. The molecular weight excluding hydrogens is 398 g/mol. The van der Waals surface area contributed by atoms with Crippen molar-refractivity contribution in [2.24, 2.45) is 0 Å². The first-order valence-electron chi connectivity index (χ1n) is 8.57. The van der Waals surface area contributed by atoms with Gasteiger partial charge in [-0.1, -0.05) is 41.3 Å². The van der Waals surface area contributed by atoms with E-state index in [1.165, 1.54) is 23.1 Å². The number of fused-ring (bicyclic) bond motifs is 1. The van der Waals surface area contributed by atoms with Gasteiger partial charge in [-0.05, 0) is 19.1 Å². The molecule has 2 N–H and O–H groups in total. The third-order valence-electron chi connectivity index (χ3n) is 3.61. The quantitative estimate of drug-likeness (QED) is 0.311. The van der Waals surface area contributed by atoms with Crippen LogP contribution in [0.4, 0.5) is 5.13 Å². The number of amides is 2. The van der Waals surface area contributed by atoms with E-state index in [4.69, 9.17) is 4.42 Å². The number of hydrogen-bond donors (Lipinski definition) is 2. The molecule has 0 radical (unpaired) electrons. The van der Waals surface area contributed by atoms with Crippen LogP contribution >= 0.6 is 23.1 Å². The van der Waals surface area contributed by atoms with Gasteiger partial charge in [0.15, 0.2) is 9.92 Å². The Morgan fingerprint density at radius 1 is 1.29 bits per heavy atom. The van der Waals surface area contributed by atoms with Crippen LogP contribution < -0.4 is 10.6 Å². The Balaban J connectivity index is 1.44. The Morgan fingerprint density at radius 3 is 2.86 bits per heavy atom. The molecular formula is C18H19N5O3S2. The molecule has 1 aromatic carbocycles. The fourth-order valence-corrected chi connectivity index (χ4v) is 3.84. The van der Waals surface area contributed by atoms with Gasteiger partial charge < -0.3 is 15.1 Å². The summed E-state index contributed by atoms with van der Waals surface area (Å²) in [6.07, 6.45) is 1.86. The van der Waals surface area contributed by atoms with Gasteiger partial charge in [-0.15, -0.1) is 16.8 Å².